The summed E-state index contributed by atoms with van der Waals surface area (Å²) in [6.07, 6.45) is 0.383. The van der Waals surface area contributed by atoms with Crippen LogP contribution in [0, 0.1) is 11.3 Å². The predicted molar refractivity (Wildman–Crippen MR) is 55.6 cm³/mol. The summed E-state index contributed by atoms with van der Waals surface area (Å²) < 4.78 is 10.9. The van der Waals surface area contributed by atoms with Crippen LogP contribution < -0.4 is 4.74 Å². The SMILES string of the molecule is CC1(COc2ccccc2CC#N)CO1. The molecule has 1 aliphatic rings. The summed E-state index contributed by atoms with van der Waals surface area (Å²) in [5.41, 5.74) is 0.823. The Morgan fingerprint density at radius 3 is 2.93 bits per heavy atom. The predicted octanol–water partition coefficient (Wildman–Crippen LogP) is 1.92. The van der Waals surface area contributed by atoms with Crippen LogP contribution in [0.4, 0.5) is 0 Å². The largest absolute Gasteiger partial charge is 0.490 e. The number of nitrogens with zero attached hydrogens (tertiary/aromatic N) is 1. The van der Waals surface area contributed by atoms with E-state index in [-0.39, 0.29) is 5.60 Å². The summed E-state index contributed by atoms with van der Waals surface area (Å²) in [5, 5.41) is 8.65. The number of hydrogen-bond acceptors (Lipinski definition) is 3. The molecule has 1 aliphatic heterocycles. The Bertz CT molecular complexity index is 391. The Hall–Kier alpha value is -1.53. The minimum atomic E-state index is -0.111. The Morgan fingerprint density at radius 1 is 1.53 bits per heavy atom. The maximum Gasteiger partial charge on any atom is 0.123 e. The van der Waals surface area contributed by atoms with Crippen molar-refractivity contribution >= 4 is 0 Å². The average molecular weight is 203 g/mol. The van der Waals surface area contributed by atoms with Crippen LogP contribution in [0.25, 0.3) is 0 Å². The molecule has 0 spiro atoms. The third kappa shape index (κ3) is 2.48. The zero-order chi connectivity index (χ0) is 10.7. The minimum Gasteiger partial charge on any atom is -0.490 e. The van der Waals surface area contributed by atoms with Crippen LogP contribution in [0.2, 0.25) is 0 Å². The number of ether oxygens (including phenoxy) is 2. The first kappa shape index (κ1) is 10.0. The van der Waals surface area contributed by atoms with Crippen LogP contribution in [-0.2, 0) is 11.2 Å². The summed E-state index contributed by atoms with van der Waals surface area (Å²) in [5.74, 6) is 0.788. The zero-order valence-corrected chi connectivity index (χ0v) is 8.69. The topological polar surface area (TPSA) is 45.5 Å². The Morgan fingerprint density at radius 2 is 2.27 bits per heavy atom. The highest BCUT2D eigenvalue weighted by Crippen LogP contribution is 2.28. The van der Waals surface area contributed by atoms with Gasteiger partial charge in [-0.25, -0.2) is 0 Å². The number of nitriles is 1. The van der Waals surface area contributed by atoms with Crippen LogP contribution in [0.15, 0.2) is 24.3 Å². The van der Waals surface area contributed by atoms with Crippen molar-refractivity contribution in [3.63, 3.8) is 0 Å². The van der Waals surface area contributed by atoms with Gasteiger partial charge in [-0.05, 0) is 13.0 Å². The minimum absolute atomic E-state index is 0.111. The lowest BCUT2D eigenvalue weighted by Gasteiger charge is -2.11. The van der Waals surface area contributed by atoms with Gasteiger partial charge in [0.25, 0.3) is 0 Å². The number of hydrogen-bond donors (Lipinski definition) is 0. The summed E-state index contributed by atoms with van der Waals surface area (Å²) in [6, 6.07) is 9.75. The number of epoxide rings is 1. The Labute approximate surface area is 89.2 Å². The van der Waals surface area contributed by atoms with Gasteiger partial charge in [0.1, 0.15) is 18.0 Å². The standard InChI is InChI=1S/C12H13NO2/c1-12(9-15-12)8-14-11-5-3-2-4-10(11)6-7-13/h2-5H,6,8-9H2,1H3. The highest BCUT2D eigenvalue weighted by Gasteiger charge is 2.40. The molecule has 2 rings (SSSR count). The van der Waals surface area contributed by atoms with Crippen molar-refractivity contribution in [3.05, 3.63) is 29.8 Å². The fourth-order valence-electron chi connectivity index (χ4n) is 1.31. The van der Waals surface area contributed by atoms with Gasteiger partial charge < -0.3 is 9.47 Å². The molecule has 1 aromatic carbocycles. The van der Waals surface area contributed by atoms with Gasteiger partial charge >= 0.3 is 0 Å². The highest BCUT2D eigenvalue weighted by atomic mass is 16.6. The molecule has 3 nitrogen and oxygen atoms in total. The van der Waals surface area contributed by atoms with Crippen molar-refractivity contribution in [1.82, 2.24) is 0 Å². The van der Waals surface area contributed by atoms with E-state index in [1.165, 1.54) is 0 Å². The zero-order valence-electron chi connectivity index (χ0n) is 8.69. The average Bonchev–Trinajstić information content (AvgIpc) is 2.97. The molecule has 1 heterocycles. The van der Waals surface area contributed by atoms with Gasteiger partial charge in [-0.2, -0.15) is 5.26 Å². The quantitative estimate of drug-likeness (QED) is 0.702. The lowest BCUT2D eigenvalue weighted by molar-refractivity contribution is 0.201. The molecule has 0 aliphatic carbocycles. The normalized spacial score (nSPS) is 23.2. The molecule has 15 heavy (non-hydrogen) atoms. The molecule has 0 N–H and O–H groups in total. The van der Waals surface area contributed by atoms with E-state index >= 15 is 0 Å². The van der Waals surface area contributed by atoms with Crippen LogP contribution >= 0.6 is 0 Å². The van der Waals surface area contributed by atoms with E-state index in [9.17, 15) is 0 Å². The Balaban J connectivity index is 2.03. The second kappa shape index (κ2) is 3.92. The van der Waals surface area contributed by atoms with E-state index in [1.54, 1.807) is 0 Å². The van der Waals surface area contributed by atoms with Gasteiger partial charge in [0.15, 0.2) is 0 Å². The third-order valence-corrected chi connectivity index (χ3v) is 2.41. The molecule has 1 aromatic rings. The molecule has 0 bridgehead atoms. The molecule has 0 aromatic heterocycles. The smallest absolute Gasteiger partial charge is 0.123 e. The van der Waals surface area contributed by atoms with Crippen molar-refractivity contribution in [2.45, 2.75) is 18.9 Å². The fourth-order valence-corrected chi connectivity index (χ4v) is 1.31. The lowest BCUT2D eigenvalue weighted by Crippen LogP contribution is -2.17. The maximum absolute atomic E-state index is 8.65. The van der Waals surface area contributed by atoms with E-state index < -0.39 is 0 Å². The lowest BCUT2D eigenvalue weighted by atomic mass is 10.1. The third-order valence-electron chi connectivity index (χ3n) is 2.41. The van der Waals surface area contributed by atoms with Gasteiger partial charge in [0, 0.05) is 5.56 Å². The summed E-state index contributed by atoms with van der Waals surface area (Å²) in [7, 11) is 0. The number of rotatable bonds is 4. The van der Waals surface area contributed by atoms with E-state index in [4.69, 9.17) is 14.7 Å². The van der Waals surface area contributed by atoms with Crippen LogP contribution in [-0.4, -0.2) is 18.8 Å². The van der Waals surface area contributed by atoms with E-state index in [0.29, 0.717) is 13.0 Å². The molecule has 3 heteroatoms. The fraction of sp³-hybridized carbons (Fsp3) is 0.417. The summed E-state index contributed by atoms with van der Waals surface area (Å²) in [6.45, 7) is 3.32. The molecule has 0 saturated carbocycles. The van der Waals surface area contributed by atoms with Crippen molar-refractivity contribution < 1.29 is 9.47 Å². The molecule has 1 unspecified atom stereocenters. The number of para-hydroxylation sites is 1. The van der Waals surface area contributed by atoms with Crippen molar-refractivity contribution in [1.29, 1.82) is 5.26 Å². The van der Waals surface area contributed by atoms with Crippen LogP contribution in [0.3, 0.4) is 0 Å². The summed E-state index contributed by atoms with van der Waals surface area (Å²) in [4.78, 5) is 0. The second-order valence-corrected chi connectivity index (χ2v) is 3.97. The molecule has 1 fully saturated rings. The van der Waals surface area contributed by atoms with Crippen LogP contribution in [0.1, 0.15) is 12.5 Å². The van der Waals surface area contributed by atoms with Gasteiger partial charge in [0.2, 0.25) is 0 Å². The molecule has 1 saturated heterocycles. The van der Waals surface area contributed by atoms with Gasteiger partial charge in [-0.15, -0.1) is 0 Å². The first-order valence-electron chi connectivity index (χ1n) is 4.95. The second-order valence-electron chi connectivity index (χ2n) is 3.97. The van der Waals surface area contributed by atoms with Gasteiger partial charge in [0.05, 0.1) is 19.1 Å². The van der Waals surface area contributed by atoms with Crippen molar-refractivity contribution in [2.24, 2.45) is 0 Å². The molecule has 78 valence electrons. The van der Waals surface area contributed by atoms with E-state index in [1.807, 2.05) is 31.2 Å². The molecule has 0 amide bonds. The molecule has 0 radical (unpaired) electrons. The van der Waals surface area contributed by atoms with E-state index in [0.717, 1.165) is 17.9 Å². The number of benzene rings is 1. The monoisotopic (exact) mass is 203 g/mol. The van der Waals surface area contributed by atoms with Crippen LogP contribution in [0.5, 0.6) is 5.75 Å². The van der Waals surface area contributed by atoms with E-state index in [2.05, 4.69) is 6.07 Å². The van der Waals surface area contributed by atoms with Gasteiger partial charge in [-0.3, -0.25) is 0 Å². The maximum atomic E-state index is 8.65. The van der Waals surface area contributed by atoms with Crippen molar-refractivity contribution in [2.75, 3.05) is 13.2 Å². The first-order valence-corrected chi connectivity index (χ1v) is 4.95. The van der Waals surface area contributed by atoms with Crippen molar-refractivity contribution in [3.8, 4) is 11.8 Å². The molecular formula is C12H13NO2. The summed E-state index contributed by atoms with van der Waals surface area (Å²) >= 11 is 0. The molecular weight excluding hydrogens is 190 g/mol. The molecule has 1 atom stereocenters. The first-order chi connectivity index (χ1) is 7.23. The highest BCUT2D eigenvalue weighted by molar-refractivity contribution is 5.35. The van der Waals surface area contributed by atoms with Gasteiger partial charge in [-0.1, -0.05) is 18.2 Å². The Kier molecular flexibility index (Phi) is 2.61.